The van der Waals surface area contributed by atoms with Crippen molar-refractivity contribution in [1.82, 2.24) is 5.32 Å². The lowest BCUT2D eigenvalue weighted by atomic mass is 9.73. The predicted molar refractivity (Wildman–Crippen MR) is 66.9 cm³/mol. The molecular weight excluding hydrogens is 232 g/mol. The lowest BCUT2D eigenvalue weighted by molar-refractivity contribution is -0.141. The van der Waals surface area contributed by atoms with E-state index in [-0.39, 0.29) is 18.4 Å². The van der Waals surface area contributed by atoms with Crippen molar-refractivity contribution in [2.45, 2.75) is 63.5 Å². The Morgan fingerprint density at radius 1 is 1.33 bits per heavy atom. The smallest absolute Gasteiger partial charge is 0.305 e. The number of carbonyl (C=O) groups excluding carboxylic acids is 1. The Balaban J connectivity index is 2.04. The first-order valence-corrected chi connectivity index (χ1v) is 6.68. The summed E-state index contributed by atoms with van der Waals surface area (Å²) in [4.78, 5) is 23.3. The van der Waals surface area contributed by atoms with E-state index in [0.717, 1.165) is 38.5 Å². The molecule has 0 bridgehead atoms. The molecule has 0 spiro atoms. The molecule has 18 heavy (non-hydrogen) atoms. The van der Waals surface area contributed by atoms with Gasteiger partial charge >= 0.3 is 5.97 Å². The van der Waals surface area contributed by atoms with Crippen molar-refractivity contribution in [3.8, 4) is 0 Å². The zero-order valence-corrected chi connectivity index (χ0v) is 10.9. The third kappa shape index (κ3) is 2.23. The molecule has 2 aliphatic rings. The first kappa shape index (κ1) is 13.3. The third-order valence-corrected chi connectivity index (χ3v) is 4.73. The number of hydrogen-bond donors (Lipinski definition) is 3. The summed E-state index contributed by atoms with van der Waals surface area (Å²) < 4.78 is 0. The average molecular weight is 254 g/mol. The Morgan fingerprint density at radius 2 is 2.00 bits per heavy atom. The lowest BCUT2D eigenvalue weighted by Gasteiger charge is -2.44. The highest BCUT2D eigenvalue weighted by atomic mass is 16.4. The van der Waals surface area contributed by atoms with Crippen molar-refractivity contribution in [2.24, 2.45) is 11.1 Å². The molecule has 0 aromatic rings. The van der Waals surface area contributed by atoms with Crippen molar-refractivity contribution in [3.05, 3.63) is 0 Å². The summed E-state index contributed by atoms with van der Waals surface area (Å²) >= 11 is 0. The van der Waals surface area contributed by atoms with Gasteiger partial charge in [0, 0.05) is 6.04 Å². The van der Waals surface area contributed by atoms with E-state index in [1.807, 2.05) is 6.92 Å². The molecule has 2 fully saturated rings. The van der Waals surface area contributed by atoms with E-state index in [2.05, 4.69) is 5.32 Å². The van der Waals surface area contributed by atoms with Crippen LogP contribution in [0.5, 0.6) is 0 Å². The highest BCUT2D eigenvalue weighted by molar-refractivity contribution is 5.85. The molecule has 102 valence electrons. The molecule has 0 radical (unpaired) electrons. The minimum absolute atomic E-state index is 0.0179. The Hall–Kier alpha value is -1.10. The van der Waals surface area contributed by atoms with Crippen molar-refractivity contribution < 1.29 is 14.7 Å². The van der Waals surface area contributed by atoms with Crippen molar-refractivity contribution in [1.29, 1.82) is 0 Å². The van der Waals surface area contributed by atoms with Gasteiger partial charge in [-0.1, -0.05) is 6.42 Å². The van der Waals surface area contributed by atoms with Crippen molar-refractivity contribution in [3.63, 3.8) is 0 Å². The van der Waals surface area contributed by atoms with Crippen LogP contribution in [0, 0.1) is 5.41 Å². The number of amides is 1. The Kier molecular flexibility index (Phi) is 3.36. The van der Waals surface area contributed by atoms with Gasteiger partial charge in [0.25, 0.3) is 0 Å². The van der Waals surface area contributed by atoms with Gasteiger partial charge in [-0.25, -0.2) is 0 Å². The maximum atomic E-state index is 12.4. The molecule has 0 heterocycles. The molecule has 2 aliphatic carbocycles. The highest BCUT2D eigenvalue weighted by Crippen LogP contribution is 2.40. The van der Waals surface area contributed by atoms with Gasteiger partial charge in [0.2, 0.25) is 5.91 Å². The van der Waals surface area contributed by atoms with Gasteiger partial charge in [-0.15, -0.1) is 0 Å². The van der Waals surface area contributed by atoms with Crippen LogP contribution in [0.25, 0.3) is 0 Å². The number of nitrogens with two attached hydrogens (primary N) is 1. The number of hydrogen-bond acceptors (Lipinski definition) is 3. The van der Waals surface area contributed by atoms with Gasteiger partial charge in [-0.05, 0) is 39.0 Å². The molecule has 0 aromatic heterocycles. The van der Waals surface area contributed by atoms with Gasteiger partial charge < -0.3 is 16.2 Å². The van der Waals surface area contributed by atoms with E-state index in [4.69, 9.17) is 10.8 Å². The molecular formula is C13H22N2O3. The van der Waals surface area contributed by atoms with Gasteiger partial charge in [0.1, 0.15) is 0 Å². The van der Waals surface area contributed by atoms with E-state index in [1.54, 1.807) is 0 Å². The number of carboxylic acid groups (broad SMARTS) is 1. The van der Waals surface area contributed by atoms with Gasteiger partial charge in [0.05, 0.1) is 17.4 Å². The summed E-state index contributed by atoms with van der Waals surface area (Å²) in [5.74, 6) is -0.913. The largest absolute Gasteiger partial charge is 0.481 e. The first-order valence-electron chi connectivity index (χ1n) is 6.68. The summed E-state index contributed by atoms with van der Waals surface area (Å²) in [5.41, 5.74) is 4.97. The van der Waals surface area contributed by atoms with E-state index in [9.17, 15) is 9.59 Å². The summed E-state index contributed by atoms with van der Waals surface area (Å²) in [6, 6.07) is -0.112. The van der Waals surface area contributed by atoms with Crippen LogP contribution >= 0.6 is 0 Å². The number of rotatable bonds is 4. The van der Waals surface area contributed by atoms with Crippen molar-refractivity contribution >= 4 is 11.9 Å². The number of carboxylic acids is 1. The van der Waals surface area contributed by atoms with Crippen LogP contribution in [0.15, 0.2) is 0 Å². The fraction of sp³-hybridized carbons (Fsp3) is 0.846. The number of carbonyl (C=O) groups is 2. The molecule has 2 unspecified atom stereocenters. The Labute approximate surface area is 107 Å². The first-order chi connectivity index (χ1) is 8.38. The fourth-order valence-electron chi connectivity index (χ4n) is 3.10. The van der Waals surface area contributed by atoms with E-state index in [1.165, 1.54) is 0 Å². The molecule has 2 rings (SSSR count). The molecule has 0 aromatic carbocycles. The van der Waals surface area contributed by atoms with Crippen LogP contribution in [0.1, 0.15) is 51.9 Å². The Bertz CT molecular complexity index is 365. The summed E-state index contributed by atoms with van der Waals surface area (Å²) in [6.07, 6.45) is 5.16. The number of nitrogens with one attached hydrogen (secondary N) is 1. The number of aliphatic carboxylic acids is 1. The molecule has 2 saturated carbocycles. The third-order valence-electron chi connectivity index (χ3n) is 4.73. The molecule has 5 heteroatoms. The molecule has 4 N–H and O–H groups in total. The van der Waals surface area contributed by atoms with E-state index in [0.29, 0.717) is 0 Å². The van der Waals surface area contributed by atoms with Gasteiger partial charge in [-0.2, -0.15) is 0 Å². The monoisotopic (exact) mass is 254 g/mol. The lowest BCUT2D eigenvalue weighted by Crippen LogP contribution is -2.59. The predicted octanol–water partition coefficient (Wildman–Crippen LogP) is 1.02. The summed E-state index contributed by atoms with van der Waals surface area (Å²) in [7, 11) is 0. The topological polar surface area (TPSA) is 92.4 Å². The standard InChI is InChI=1S/C13H22N2O3/c1-12(5-2-4-9(12)14)11(18)15-13(6-3-7-13)8-10(16)17/h9H,2-8,14H2,1H3,(H,15,18)(H,16,17). The highest BCUT2D eigenvalue weighted by Gasteiger charge is 2.48. The SMILES string of the molecule is CC1(C(=O)NC2(CC(=O)O)CCC2)CCCC1N. The minimum atomic E-state index is -0.851. The normalized spacial score (nSPS) is 33.8. The molecule has 1 amide bonds. The van der Waals surface area contributed by atoms with Crippen LogP contribution in [-0.4, -0.2) is 28.6 Å². The molecule has 2 atom stereocenters. The second-order valence-corrected chi connectivity index (χ2v) is 6.07. The fourth-order valence-corrected chi connectivity index (χ4v) is 3.10. The van der Waals surface area contributed by atoms with E-state index < -0.39 is 16.9 Å². The van der Waals surface area contributed by atoms with Crippen LogP contribution in [0.3, 0.4) is 0 Å². The van der Waals surface area contributed by atoms with Crippen LogP contribution in [0.2, 0.25) is 0 Å². The molecule has 0 saturated heterocycles. The zero-order valence-electron chi connectivity index (χ0n) is 10.9. The second-order valence-electron chi connectivity index (χ2n) is 6.07. The second kappa shape index (κ2) is 4.53. The summed E-state index contributed by atoms with van der Waals surface area (Å²) in [5, 5.41) is 11.9. The molecule has 0 aliphatic heterocycles. The van der Waals surface area contributed by atoms with Crippen LogP contribution < -0.4 is 11.1 Å². The molecule has 5 nitrogen and oxygen atoms in total. The summed E-state index contributed by atoms with van der Waals surface area (Å²) in [6.45, 7) is 1.90. The maximum Gasteiger partial charge on any atom is 0.305 e. The van der Waals surface area contributed by atoms with Crippen molar-refractivity contribution in [2.75, 3.05) is 0 Å². The minimum Gasteiger partial charge on any atom is -0.481 e. The quantitative estimate of drug-likeness (QED) is 0.698. The van der Waals surface area contributed by atoms with E-state index >= 15 is 0 Å². The van der Waals surface area contributed by atoms with Gasteiger partial charge in [0.15, 0.2) is 0 Å². The van der Waals surface area contributed by atoms with Gasteiger partial charge in [-0.3, -0.25) is 9.59 Å². The Morgan fingerprint density at radius 3 is 2.39 bits per heavy atom. The average Bonchev–Trinajstić information content (AvgIpc) is 2.56. The maximum absolute atomic E-state index is 12.4. The van der Waals surface area contributed by atoms with Crippen LogP contribution in [-0.2, 0) is 9.59 Å². The van der Waals surface area contributed by atoms with Crippen LogP contribution in [0.4, 0.5) is 0 Å². The zero-order chi connectivity index (χ0) is 13.4.